The molecule has 0 unspecified atom stereocenters. The molecule has 0 atom stereocenters. The molecule has 43 heavy (non-hydrogen) atoms. The van der Waals surface area contributed by atoms with Crippen molar-refractivity contribution in [3.8, 4) is 16.8 Å². The molecule has 0 bridgehead atoms. The van der Waals surface area contributed by atoms with Gasteiger partial charge in [0.2, 0.25) is 0 Å². The summed E-state index contributed by atoms with van der Waals surface area (Å²) in [6.07, 6.45) is 3.58. The molecule has 8 heteroatoms. The van der Waals surface area contributed by atoms with Gasteiger partial charge in [-0.2, -0.15) is 16.9 Å². The summed E-state index contributed by atoms with van der Waals surface area (Å²) in [5.41, 5.74) is 6.80. The summed E-state index contributed by atoms with van der Waals surface area (Å²) in [5, 5.41) is 12.9. The molecule has 3 heterocycles. The molecule has 7 nitrogen and oxygen atoms in total. The van der Waals surface area contributed by atoms with Crippen LogP contribution < -0.4 is 10.6 Å². The highest BCUT2D eigenvalue weighted by atomic mass is 32.2. The highest BCUT2D eigenvalue weighted by Crippen LogP contribution is 2.35. The predicted octanol–water partition coefficient (Wildman–Crippen LogP) is 7.89. The van der Waals surface area contributed by atoms with Gasteiger partial charge < -0.3 is 5.32 Å². The van der Waals surface area contributed by atoms with Gasteiger partial charge in [0.25, 0.3) is 0 Å². The number of hydrogen-bond donors (Lipinski definition) is 2. The number of fused-ring (bicyclic) bond motifs is 1. The van der Waals surface area contributed by atoms with Crippen molar-refractivity contribution in [3.05, 3.63) is 102 Å². The van der Waals surface area contributed by atoms with Crippen LogP contribution in [0.1, 0.15) is 37.6 Å². The summed E-state index contributed by atoms with van der Waals surface area (Å²) in [6, 6.07) is 24.8. The number of carbonyl (C=O) groups excluding carboxylic acids is 1. The number of rotatable bonds is 6. The third-order valence-electron chi connectivity index (χ3n) is 7.90. The third kappa shape index (κ3) is 6.45. The van der Waals surface area contributed by atoms with E-state index >= 15 is 0 Å². The van der Waals surface area contributed by atoms with Crippen molar-refractivity contribution in [2.75, 3.05) is 35.2 Å². The maximum absolute atomic E-state index is 13.5. The smallest absolute Gasteiger partial charge is 0.307 e. The van der Waals surface area contributed by atoms with E-state index in [4.69, 9.17) is 0 Å². The zero-order valence-corrected chi connectivity index (χ0v) is 26.0. The van der Waals surface area contributed by atoms with Gasteiger partial charge in [-0.05, 0) is 52.6 Å². The van der Waals surface area contributed by atoms with Crippen molar-refractivity contribution in [2.24, 2.45) is 0 Å². The number of benzene rings is 3. The van der Waals surface area contributed by atoms with Gasteiger partial charge in [-0.15, -0.1) is 0 Å². The van der Waals surface area contributed by atoms with Gasteiger partial charge in [0.1, 0.15) is 5.82 Å². The molecule has 2 N–H and O–H groups in total. The molecule has 1 aliphatic heterocycles. The standard InChI is InChI=1S/C35H38N6OS/c1-24-9-14-27(21-36-24)41-33(31(22-37-41)35(2,3)4)39-34(42)38-32-16-15-28(29-7-5-6-8-30(29)32)26-12-10-25(11-13-26)23-40-17-19-43-20-18-40/h5-16,21-22H,17-20,23H2,1-4H3,(H2,38,39,42). The van der Waals surface area contributed by atoms with Crippen molar-refractivity contribution in [1.82, 2.24) is 19.7 Å². The van der Waals surface area contributed by atoms with Crippen molar-refractivity contribution in [1.29, 1.82) is 0 Å². The SMILES string of the molecule is Cc1ccc(-n2ncc(C(C)(C)C)c2NC(=O)Nc2ccc(-c3ccc(CN4CCSCC4)cc3)c3ccccc23)cn1. The first-order chi connectivity index (χ1) is 20.8. The van der Waals surface area contributed by atoms with E-state index in [1.165, 1.54) is 17.1 Å². The van der Waals surface area contributed by atoms with Gasteiger partial charge in [0.05, 0.1) is 23.8 Å². The van der Waals surface area contributed by atoms with Crippen LogP contribution in [0.3, 0.4) is 0 Å². The quantitative estimate of drug-likeness (QED) is 0.210. The Labute approximate surface area is 257 Å². The topological polar surface area (TPSA) is 75.1 Å². The van der Waals surface area contributed by atoms with Gasteiger partial charge in [-0.1, -0.05) is 75.4 Å². The molecule has 5 aromatic rings. The summed E-state index contributed by atoms with van der Waals surface area (Å²) in [4.78, 5) is 20.5. The fourth-order valence-corrected chi connectivity index (χ4v) is 6.51. The molecule has 1 saturated heterocycles. The lowest BCUT2D eigenvalue weighted by atomic mass is 9.89. The summed E-state index contributed by atoms with van der Waals surface area (Å²) in [5.74, 6) is 3.06. The molecular formula is C35H38N6OS. The van der Waals surface area contributed by atoms with Crippen molar-refractivity contribution in [3.63, 3.8) is 0 Å². The molecule has 6 rings (SSSR count). The van der Waals surface area contributed by atoms with Crippen LogP contribution in [0, 0.1) is 6.92 Å². The molecule has 0 saturated carbocycles. The number of nitrogens with zero attached hydrogens (tertiary/aromatic N) is 4. The van der Waals surface area contributed by atoms with E-state index in [-0.39, 0.29) is 11.4 Å². The Morgan fingerprint density at radius 1 is 0.884 bits per heavy atom. The predicted molar refractivity (Wildman–Crippen MR) is 179 cm³/mol. The minimum atomic E-state index is -0.328. The number of pyridine rings is 1. The van der Waals surface area contributed by atoms with Gasteiger partial charge in [0.15, 0.2) is 0 Å². The first-order valence-electron chi connectivity index (χ1n) is 14.8. The minimum absolute atomic E-state index is 0.226. The Kier molecular flexibility index (Phi) is 8.23. The molecular weight excluding hydrogens is 552 g/mol. The van der Waals surface area contributed by atoms with E-state index in [9.17, 15) is 4.79 Å². The third-order valence-corrected chi connectivity index (χ3v) is 8.84. The molecule has 0 aliphatic carbocycles. The number of aryl methyl sites for hydroxylation is 1. The number of amides is 2. The van der Waals surface area contributed by atoms with Crippen LogP contribution in [0.4, 0.5) is 16.3 Å². The summed E-state index contributed by atoms with van der Waals surface area (Å²) in [7, 11) is 0. The van der Waals surface area contributed by atoms with E-state index in [1.54, 1.807) is 10.9 Å². The molecule has 0 spiro atoms. The van der Waals surface area contributed by atoms with Gasteiger partial charge in [-0.3, -0.25) is 15.2 Å². The van der Waals surface area contributed by atoms with Crippen LogP contribution in [-0.4, -0.2) is 50.3 Å². The van der Waals surface area contributed by atoms with Crippen LogP contribution in [0.5, 0.6) is 0 Å². The number of aromatic nitrogens is 3. The second-order valence-corrected chi connectivity index (χ2v) is 13.3. The maximum Gasteiger partial charge on any atom is 0.324 e. The average molecular weight is 591 g/mol. The highest BCUT2D eigenvalue weighted by Gasteiger charge is 2.25. The second-order valence-electron chi connectivity index (χ2n) is 12.1. The Hall–Kier alpha value is -4.14. The number of nitrogens with one attached hydrogen (secondary N) is 2. The molecule has 2 amide bonds. The number of carbonyl (C=O) groups is 1. The number of anilines is 2. The Morgan fingerprint density at radius 3 is 2.33 bits per heavy atom. The number of hydrogen-bond acceptors (Lipinski definition) is 5. The summed E-state index contributed by atoms with van der Waals surface area (Å²) in [6.45, 7) is 11.6. The molecule has 2 aromatic heterocycles. The van der Waals surface area contributed by atoms with E-state index in [0.29, 0.717) is 5.82 Å². The summed E-state index contributed by atoms with van der Waals surface area (Å²) >= 11 is 2.04. The minimum Gasteiger partial charge on any atom is -0.307 e. The largest absolute Gasteiger partial charge is 0.324 e. The lowest BCUT2D eigenvalue weighted by molar-refractivity contribution is 0.262. The Bertz CT molecular complexity index is 1730. The van der Waals surface area contributed by atoms with Crippen LogP contribution in [0.2, 0.25) is 0 Å². The average Bonchev–Trinajstić information content (AvgIpc) is 3.43. The van der Waals surface area contributed by atoms with Crippen LogP contribution in [0.15, 0.2) is 85.2 Å². The fraction of sp³-hybridized carbons (Fsp3) is 0.286. The van der Waals surface area contributed by atoms with Crippen molar-refractivity contribution >= 4 is 40.1 Å². The fourth-order valence-electron chi connectivity index (χ4n) is 5.53. The molecule has 3 aromatic carbocycles. The van der Waals surface area contributed by atoms with E-state index < -0.39 is 0 Å². The normalized spacial score (nSPS) is 14.1. The van der Waals surface area contributed by atoms with Gasteiger partial charge >= 0.3 is 6.03 Å². The van der Waals surface area contributed by atoms with Crippen molar-refractivity contribution in [2.45, 2.75) is 39.7 Å². The molecule has 1 aliphatic rings. The van der Waals surface area contributed by atoms with E-state index in [1.807, 2.05) is 55.2 Å². The first-order valence-corrected chi connectivity index (χ1v) is 15.9. The second kappa shape index (κ2) is 12.2. The van der Waals surface area contributed by atoms with Crippen LogP contribution in [0.25, 0.3) is 27.6 Å². The van der Waals surface area contributed by atoms with Crippen LogP contribution in [-0.2, 0) is 12.0 Å². The van der Waals surface area contributed by atoms with E-state index in [0.717, 1.165) is 64.2 Å². The van der Waals surface area contributed by atoms with Crippen LogP contribution >= 0.6 is 11.8 Å². The monoisotopic (exact) mass is 590 g/mol. The number of thioether (sulfide) groups is 1. The number of urea groups is 1. The lowest BCUT2D eigenvalue weighted by Crippen LogP contribution is -2.31. The lowest BCUT2D eigenvalue weighted by Gasteiger charge is -2.26. The molecule has 0 radical (unpaired) electrons. The maximum atomic E-state index is 13.5. The summed E-state index contributed by atoms with van der Waals surface area (Å²) < 4.78 is 1.74. The molecule has 1 fully saturated rings. The van der Waals surface area contributed by atoms with E-state index in [2.05, 4.69) is 88.9 Å². The van der Waals surface area contributed by atoms with Gasteiger partial charge in [-0.25, -0.2) is 9.48 Å². The van der Waals surface area contributed by atoms with Crippen molar-refractivity contribution < 1.29 is 4.79 Å². The Balaban J connectivity index is 1.25. The Morgan fingerprint density at radius 2 is 1.63 bits per heavy atom. The zero-order chi connectivity index (χ0) is 30.0. The molecule has 220 valence electrons. The van der Waals surface area contributed by atoms with Gasteiger partial charge in [0, 0.05) is 47.8 Å². The highest BCUT2D eigenvalue weighted by molar-refractivity contribution is 7.99. The zero-order valence-electron chi connectivity index (χ0n) is 25.2. The first kappa shape index (κ1) is 29.0.